The predicted molar refractivity (Wildman–Crippen MR) is 84.6 cm³/mol. The molecule has 1 unspecified atom stereocenters. The lowest BCUT2D eigenvalue weighted by molar-refractivity contribution is -0.130. The number of methoxy groups -OCH3 is 1. The van der Waals surface area contributed by atoms with Gasteiger partial charge in [-0.3, -0.25) is 14.5 Å². The Morgan fingerprint density at radius 1 is 1.48 bits per heavy atom. The van der Waals surface area contributed by atoms with E-state index in [2.05, 4.69) is 5.32 Å². The van der Waals surface area contributed by atoms with E-state index >= 15 is 0 Å². The van der Waals surface area contributed by atoms with Crippen molar-refractivity contribution in [3.05, 3.63) is 17.7 Å². The Labute approximate surface area is 135 Å². The molecule has 0 radical (unpaired) electrons. The fourth-order valence-corrected chi connectivity index (χ4v) is 2.46. The largest absolute Gasteiger partial charge is 0.493 e. The van der Waals surface area contributed by atoms with Crippen LogP contribution in [0.4, 0.5) is 5.69 Å². The van der Waals surface area contributed by atoms with Crippen LogP contribution in [-0.2, 0) is 16.2 Å². The molecule has 126 valence electrons. The van der Waals surface area contributed by atoms with E-state index in [1.165, 1.54) is 19.1 Å². The molecule has 1 aromatic rings. The van der Waals surface area contributed by atoms with Crippen LogP contribution in [0.25, 0.3) is 0 Å². The lowest BCUT2D eigenvalue weighted by Crippen LogP contribution is -2.51. The van der Waals surface area contributed by atoms with Crippen molar-refractivity contribution in [2.75, 3.05) is 25.6 Å². The van der Waals surface area contributed by atoms with Crippen LogP contribution in [0.3, 0.4) is 0 Å². The molecule has 0 aromatic heterocycles. The average Bonchev–Trinajstić information content (AvgIpc) is 2.55. The van der Waals surface area contributed by atoms with E-state index in [1.54, 1.807) is 12.1 Å². The molecule has 0 spiro atoms. The quantitative estimate of drug-likeness (QED) is 0.832. The smallest absolute Gasteiger partial charge is 0.268 e. The molecule has 7 heteroatoms. The number of hydrogen-bond donors (Lipinski definition) is 2. The molecular weight excluding hydrogens is 300 g/mol. The number of anilines is 1. The zero-order chi connectivity index (χ0) is 17.1. The number of hydrogen-bond acceptors (Lipinski definition) is 5. The van der Waals surface area contributed by atoms with Gasteiger partial charge in [0.05, 0.1) is 19.4 Å². The Kier molecular flexibility index (Phi) is 5.10. The lowest BCUT2D eigenvalue weighted by Gasteiger charge is -2.36. The van der Waals surface area contributed by atoms with Crippen molar-refractivity contribution < 1.29 is 24.2 Å². The second-order valence-electron chi connectivity index (χ2n) is 5.68. The van der Waals surface area contributed by atoms with Gasteiger partial charge < -0.3 is 19.9 Å². The van der Waals surface area contributed by atoms with Crippen molar-refractivity contribution in [1.29, 1.82) is 0 Å². The summed E-state index contributed by atoms with van der Waals surface area (Å²) in [5.74, 6) is 0.193. The van der Waals surface area contributed by atoms with E-state index in [9.17, 15) is 14.7 Å². The topological polar surface area (TPSA) is 88.1 Å². The van der Waals surface area contributed by atoms with Crippen LogP contribution >= 0.6 is 0 Å². The molecule has 1 aromatic carbocycles. The van der Waals surface area contributed by atoms with Crippen LogP contribution in [0.2, 0.25) is 0 Å². The third-order valence-electron chi connectivity index (χ3n) is 3.73. The predicted octanol–water partition coefficient (Wildman–Crippen LogP) is 0.683. The van der Waals surface area contributed by atoms with Gasteiger partial charge in [0.15, 0.2) is 17.6 Å². The highest BCUT2D eigenvalue weighted by Crippen LogP contribution is 2.43. The van der Waals surface area contributed by atoms with Gasteiger partial charge in [-0.05, 0) is 23.6 Å². The van der Waals surface area contributed by atoms with E-state index in [0.29, 0.717) is 22.7 Å². The van der Waals surface area contributed by atoms with Gasteiger partial charge in [-0.15, -0.1) is 0 Å². The summed E-state index contributed by atoms with van der Waals surface area (Å²) in [4.78, 5) is 25.9. The summed E-state index contributed by atoms with van der Waals surface area (Å²) in [6.07, 6.45) is -0.693. The van der Waals surface area contributed by atoms with Gasteiger partial charge in [-0.25, -0.2) is 0 Å². The summed E-state index contributed by atoms with van der Waals surface area (Å²) in [7, 11) is 3.00. The average molecular weight is 322 g/mol. The summed E-state index contributed by atoms with van der Waals surface area (Å²) in [6, 6.07) is 3.29. The normalized spacial score (nSPS) is 16.9. The lowest BCUT2D eigenvalue weighted by atomic mass is 10.0. The number of fused-ring (bicyclic) bond motifs is 1. The monoisotopic (exact) mass is 322 g/mol. The minimum atomic E-state index is -0.693. The Morgan fingerprint density at radius 3 is 2.70 bits per heavy atom. The zero-order valence-corrected chi connectivity index (χ0v) is 13.8. The van der Waals surface area contributed by atoms with Gasteiger partial charge in [0, 0.05) is 7.05 Å². The fourth-order valence-electron chi connectivity index (χ4n) is 2.46. The summed E-state index contributed by atoms with van der Waals surface area (Å²) in [5.41, 5.74) is 1.00. The minimum absolute atomic E-state index is 0.0648. The van der Waals surface area contributed by atoms with Crippen molar-refractivity contribution >= 4 is 17.5 Å². The standard InChI is InChI=1S/C16H22N2O5/c1-9(2)14-16(21)18(7-13(20)17-3)11-5-10(8-19)6-12(22-4)15(11)23-14/h5-6,9,14,19H,7-8H2,1-4H3,(H,17,20). The number of nitrogens with zero attached hydrogens (tertiary/aromatic N) is 1. The highest BCUT2D eigenvalue weighted by molar-refractivity contribution is 6.04. The number of aliphatic hydroxyl groups is 1. The van der Waals surface area contributed by atoms with Gasteiger partial charge >= 0.3 is 0 Å². The number of carbonyl (C=O) groups is 2. The molecule has 1 aliphatic heterocycles. The number of ether oxygens (including phenoxy) is 2. The third-order valence-corrected chi connectivity index (χ3v) is 3.73. The maximum Gasteiger partial charge on any atom is 0.268 e. The molecule has 2 N–H and O–H groups in total. The molecule has 0 saturated carbocycles. The zero-order valence-electron chi connectivity index (χ0n) is 13.8. The number of benzene rings is 1. The van der Waals surface area contributed by atoms with Crippen molar-refractivity contribution in [3.63, 3.8) is 0 Å². The molecule has 0 fully saturated rings. The molecule has 0 saturated heterocycles. The first-order valence-corrected chi connectivity index (χ1v) is 7.43. The number of likely N-dealkylation sites (N-methyl/N-ethyl adjacent to an activating group) is 1. The van der Waals surface area contributed by atoms with Gasteiger partial charge in [-0.2, -0.15) is 0 Å². The number of amides is 2. The summed E-state index contributed by atoms with van der Waals surface area (Å²) < 4.78 is 11.2. The van der Waals surface area contributed by atoms with Crippen LogP contribution < -0.4 is 19.7 Å². The van der Waals surface area contributed by atoms with Crippen molar-refractivity contribution in [2.24, 2.45) is 5.92 Å². The van der Waals surface area contributed by atoms with Crippen molar-refractivity contribution in [1.82, 2.24) is 5.32 Å². The number of rotatable bonds is 5. The molecule has 1 heterocycles. The second kappa shape index (κ2) is 6.87. The summed E-state index contributed by atoms with van der Waals surface area (Å²) >= 11 is 0. The Morgan fingerprint density at radius 2 is 2.17 bits per heavy atom. The molecule has 7 nitrogen and oxygen atoms in total. The molecule has 0 aliphatic carbocycles. The SMILES string of the molecule is CNC(=O)CN1C(=O)C(C(C)C)Oc2c(OC)cc(CO)cc21. The number of carbonyl (C=O) groups excluding carboxylic acids is 2. The first kappa shape index (κ1) is 17.1. The first-order valence-electron chi connectivity index (χ1n) is 7.43. The van der Waals surface area contributed by atoms with Crippen LogP contribution in [0.15, 0.2) is 12.1 Å². The van der Waals surface area contributed by atoms with Crippen molar-refractivity contribution in [3.8, 4) is 11.5 Å². The van der Waals surface area contributed by atoms with Crippen LogP contribution in [0.1, 0.15) is 19.4 Å². The number of aliphatic hydroxyl groups excluding tert-OH is 1. The van der Waals surface area contributed by atoms with Gasteiger partial charge in [0.25, 0.3) is 5.91 Å². The number of nitrogens with one attached hydrogen (secondary N) is 1. The van der Waals surface area contributed by atoms with E-state index in [4.69, 9.17) is 9.47 Å². The van der Waals surface area contributed by atoms with Crippen LogP contribution in [0.5, 0.6) is 11.5 Å². The highest BCUT2D eigenvalue weighted by atomic mass is 16.5. The van der Waals surface area contributed by atoms with E-state index in [0.717, 1.165) is 0 Å². The molecule has 1 aliphatic rings. The summed E-state index contributed by atoms with van der Waals surface area (Å²) in [6.45, 7) is 3.42. The van der Waals surface area contributed by atoms with E-state index in [1.807, 2.05) is 13.8 Å². The maximum absolute atomic E-state index is 12.7. The molecule has 0 bridgehead atoms. The van der Waals surface area contributed by atoms with Crippen LogP contribution in [-0.4, -0.2) is 43.7 Å². The second-order valence-corrected chi connectivity index (χ2v) is 5.68. The third kappa shape index (κ3) is 3.24. The molecule has 2 amide bonds. The Hall–Kier alpha value is -2.28. The summed E-state index contributed by atoms with van der Waals surface area (Å²) in [5, 5.41) is 11.9. The van der Waals surface area contributed by atoms with Gasteiger partial charge in [0.1, 0.15) is 6.54 Å². The fraction of sp³-hybridized carbons (Fsp3) is 0.500. The molecule has 2 rings (SSSR count). The molecular formula is C16H22N2O5. The highest BCUT2D eigenvalue weighted by Gasteiger charge is 2.38. The Balaban J connectivity index is 2.57. The molecule has 23 heavy (non-hydrogen) atoms. The van der Waals surface area contributed by atoms with Gasteiger partial charge in [-0.1, -0.05) is 13.8 Å². The maximum atomic E-state index is 12.7. The van der Waals surface area contributed by atoms with Gasteiger partial charge in [0.2, 0.25) is 5.91 Å². The van der Waals surface area contributed by atoms with E-state index < -0.39 is 6.10 Å². The first-order chi connectivity index (χ1) is 10.9. The van der Waals surface area contributed by atoms with Crippen LogP contribution in [0, 0.1) is 5.92 Å². The van der Waals surface area contributed by atoms with E-state index in [-0.39, 0.29) is 30.9 Å². The minimum Gasteiger partial charge on any atom is -0.493 e. The van der Waals surface area contributed by atoms with Crippen molar-refractivity contribution in [2.45, 2.75) is 26.6 Å². The Bertz CT molecular complexity index is 615. The molecule has 1 atom stereocenters.